The molecule has 2 heteroatoms. The first kappa shape index (κ1) is 5.72. The fraction of sp³-hybridized carbons (Fsp3) is 0.333. The van der Waals surface area contributed by atoms with Crippen molar-refractivity contribution < 1.29 is 9.13 Å². The van der Waals surface area contributed by atoms with E-state index in [2.05, 4.69) is 0 Å². The van der Waals surface area contributed by atoms with Gasteiger partial charge in [0.15, 0.2) is 0 Å². The van der Waals surface area contributed by atoms with E-state index >= 15 is 0 Å². The Kier molecular flexibility index (Phi) is 0.853. The number of ether oxygens (including phenoxy) is 1. The lowest BCUT2D eigenvalue weighted by atomic mass is 10.1. The molecule has 0 radical (unpaired) electrons. The van der Waals surface area contributed by atoms with Crippen LogP contribution in [0, 0.1) is 5.82 Å². The minimum Gasteiger partial charge on any atom is -0.364 e. The van der Waals surface area contributed by atoms with Crippen molar-refractivity contribution in [1.82, 2.24) is 0 Å². The molecular weight excluding hydrogens is 143 g/mol. The first-order valence-electron chi connectivity index (χ1n) is 3.78. The minimum absolute atomic E-state index is 0.153. The molecule has 11 heavy (non-hydrogen) atoms. The Balaban J connectivity index is 2.20. The lowest BCUT2D eigenvalue weighted by Gasteiger charge is -2.00. The predicted molar refractivity (Wildman–Crippen MR) is 37.7 cm³/mol. The van der Waals surface area contributed by atoms with Crippen LogP contribution in [0.1, 0.15) is 17.2 Å². The third-order valence-corrected chi connectivity index (χ3v) is 2.42. The van der Waals surface area contributed by atoms with Crippen LogP contribution < -0.4 is 0 Å². The van der Waals surface area contributed by atoms with Gasteiger partial charge in [-0.2, -0.15) is 0 Å². The van der Waals surface area contributed by atoms with E-state index in [1.807, 2.05) is 6.07 Å². The van der Waals surface area contributed by atoms with Gasteiger partial charge < -0.3 is 4.74 Å². The molecule has 56 valence electrons. The van der Waals surface area contributed by atoms with Gasteiger partial charge in [-0.1, -0.05) is 6.07 Å². The summed E-state index contributed by atoms with van der Waals surface area (Å²) in [5, 5.41) is 0. The molecule has 1 saturated heterocycles. The number of fused-ring (bicyclic) bond motifs is 3. The van der Waals surface area contributed by atoms with E-state index in [-0.39, 0.29) is 11.9 Å². The molecule has 1 aliphatic heterocycles. The minimum atomic E-state index is -0.153. The maximum atomic E-state index is 12.7. The number of halogens is 1. The molecule has 2 unspecified atom stereocenters. The highest BCUT2D eigenvalue weighted by atomic mass is 19.1. The normalized spacial score (nSPS) is 31.4. The van der Waals surface area contributed by atoms with Crippen molar-refractivity contribution in [3.8, 4) is 0 Å². The van der Waals surface area contributed by atoms with Crippen LogP contribution >= 0.6 is 0 Å². The van der Waals surface area contributed by atoms with Gasteiger partial charge in [-0.15, -0.1) is 0 Å². The summed E-state index contributed by atoms with van der Waals surface area (Å²) in [5.41, 5.74) is 2.32. The van der Waals surface area contributed by atoms with Crippen LogP contribution in [0.5, 0.6) is 0 Å². The van der Waals surface area contributed by atoms with Gasteiger partial charge in [-0.25, -0.2) is 4.39 Å². The van der Waals surface area contributed by atoms with Crippen LogP contribution in [0.3, 0.4) is 0 Å². The quantitative estimate of drug-likeness (QED) is 0.514. The Labute approximate surface area is 63.8 Å². The van der Waals surface area contributed by atoms with E-state index < -0.39 is 0 Å². The van der Waals surface area contributed by atoms with Gasteiger partial charge in [-0.05, 0) is 23.3 Å². The summed E-state index contributed by atoms with van der Waals surface area (Å²) in [4.78, 5) is 0. The zero-order chi connectivity index (χ0) is 7.42. The van der Waals surface area contributed by atoms with Crippen molar-refractivity contribution in [3.63, 3.8) is 0 Å². The second-order valence-electron chi connectivity index (χ2n) is 3.14. The smallest absolute Gasteiger partial charge is 0.123 e. The highest BCUT2D eigenvalue weighted by Gasteiger charge is 2.47. The molecule has 0 amide bonds. The summed E-state index contributed by atoms with van der Waals surface area (Å²) >= 11 is 0. The fourth-order valence-electron chi connectivity index (χ4n) is 1.80. The van der Waals surface area contributed by atoms with E-state index in [4.69, 9.17) is 4.74 Å². The van der Waals surface area contributed by atoms with E-state index in [0.29, 0.717) is 6.10 Å². The molecule has 1 heterocycles. The molecule has 1 aromatic carbocycles. The first-order chi connectivity index (χ1) is 5.34. The molecular formula is C9H7FO. The predicted octanol–water partition coefficient (Wildman–Crippen LogP) is 1.82. The van der Waals surface area contributed by atoms with Crippen molar-refractivity contribution in [2.45, 2.75) is 18.6 Å². The standard InChI is InChI=1S/C9H7FO/c10-6-2-1-5-3-8-9(11-8)7(5)4-6/h1-2,4,8-9H,3H2. The SMILES string of the molecule is Fc1ccc2c(c1)C1OC1C2. The van der Waals surface area contributed by atoms with Crippen molar-refractivity contribution in [2.75, 3.05) is 0 Å². The molecule has 0 saturated carbocycles. The van der Waals surface area contributed by atoms with E-state index in [1.54, 1.807) is 6.07 Å². The van der Waals surface area contributed by atoms with Crippen molar-refractivity contribution >= 4 is 0 Å². The molecule has 1 nitrogen and oxygen atoms in total. The molecule has 3 rings (SSSR count). The highest BCUT2D eigenvalue weighted by Crippen LogP contribution is 2.48. The van der Waals surface area contributed by atoms with E-state index in [1.165, 1.54) is 11.6 Å². The third-order valence-electron chi connectivity index (χ3n) is 2.42. The molecule has 0 bridgehead atoms. The van der Waals surface area contributed by atoms with Gasteiger partial charge in [0, 0.05) is 6.42 Å². The van der Waals surface area contributed by atoms with Crippen LogP contribution in [0.15, 0.2) is 18.2 Å². The zero-order valence-electron chi connectivity index (χ0n) is 5.88. The van der Waals surface area contributed by atoms with Gasteiger partial charge in [0.25, 0.3) is 0 Å². The Morgan fingerprint density at radius 3 is 3.27 bits per heavy atom. The second-order valence-corrected chi connectivity index (χ2v) is 3.14. The van der Waals surface area contributed by atoms with Crippen molar-refractivity contribution in [1.29, 1.82) is 0 Å². The lowest BCUT2D eigenvalue weighted by Crippen LogP contribution is -1.89. The van der Waals surface area contributed by atoms with Crippen LogP contribution in [-0.4, -0.2) is 6.10 Å². The average molecular weight is 150 g/mol. The third kappa shape index (κ3) is 0.676. The number of epoxide rings is 1. The summed E-state index contributed by atoms with van der Waals surface area (Å²) < 4.78 is 18.0. The summed E-state index contributed by atoms with van der Waals surface area (Å²) in [6, 6.07) is 4.97. The summed E-state index contributed by atoms with van der Waals surface area (Å²) in [5.74, 6) is -0.153. The van der Waals surface area contributed by atoms with Gasteiger partial charge in [0.2, 0.25) is 0 Å². The second kappa shape index (κ2) is 1.64. The summed E-state index contributed by atoms with van der Waals surface area (Å²) in [6.07, 6.45) is 1.56. The average Bonchev–Trinajstić information content (AvgIpc) is 2.67. The molecule has 1 aliphatic carbocycles. The van der Waals surface area contributed by atoms with Gasteiger partial charge in [0.05, 0.1) is 6.10 Å². The lowest BCUT2D eigenvalue weighted by molar-refractivity contribution is 0.360. The Morgan fingerprint density at radius 1 is 1.45 bits per heavy atom. The molecule has 1 aromatic rings. The summed E-state index contributed by atoms with van der Waals surface area (Å²) in [7, 11) is 0. The molecule has 0 N–H and O–H groups in total. The van der Waals surface area contributed by atoms with Crippen molar-refractivity contribution in [3.05, 3.63) is 35.1 Å². The van der Waals surface area contributed by atoms with Gasteiger partial charge in [0.1, 0.15) is 11.9 Å². The fourth-order valence-corrected chi connectivity index (χ4v) is 1.80. The number of benzene rings is 1. The number of hydrogen-bond donors (Lipinski definition) is 0. The largest absolute Gasteiger partial charge is 0.364 e. The monoisotopic (exact) mass is 150 g/mol. The maximum absolute atomic E-state index is 12.7. The molecule has 0 spiro atoms. The molecule has 0 aromatic heterocycles. The van der Waals surface area contributed by atoms with E-state index in [9.17, 15) is 4.39 Å². The van der Waals surface area contributed by atoms with Crippen LogP contribution in [0.4, 0.5) is 4.39 Å². The summed E-state index contributed by atoms with van der Waals surface area (Å²) in [6.45, 7) is 0. The van der Waals surface area contributed by atoms with Gasteiger partial charge in [-0.3, -0.25) is 0 Å². The van der Waals surface area contributed by atoms with Crippen LogP contribution in [-0.2, 0) is 11.2 Å². The van der Waals surface area contributed by atoms with Gasteiger partial charge >= 0.3 is 0 Å². The van der Waals surface area contributed by atoms with Crippen LogP contribution in [0.25, 0.3) is 0 Å². The Hall–Kier alpha value is -0.890. The Bertz CT molecular complexity index is 321. The Morgan fingerprint density at radius 2 is 2.36 bits per heavy atom. The number of hydrogen-bond acceptors (Lipinski definition) is 1. The topological polar surface area (TPSA) is 12.5 Å². The van der Waals surface area contributed by atoms with Crippen molar-refractivity contribution in [2.24, 2.45) is 0 Å². The molecule has 2 atom stereocenters. The highest BCUT2D eigenvalue weighted by molar-refractivity contribution is 5.39. The molecule has 1 fully saturated rings. The van der Waals surface area contributed by atoms with Crippen LogP contribution in [0.2, 0.25) is 0 Å². The number of rotatable bonds is 0. The maximum Gasteiger partial charge on any atom is 0.123 e. The van der Waals surface area contributed by atoms with E-state index in [0.717, 1.165) is 12.0 Å². The molecule has 2 aliphatic rings. The zero-order valence-corrected chi connectivity index (χ0v) is 5.88. The first-order valence-corrected chi connectivity index (χ1v) is 3.78.